The van der Waals surface area contributed by atoms with Crippen LogP contribution >= 0.6 is 0 Å². The first-order valence-electron chi connectivity index (χ1n) is 7.82. The van der Waals surface area contributed by atoms with Crippen molar-refractivity contribution < 1.29 is 13.5 Å². The molecule has 0 saturated carbocycles. The second-order valence-electron chi connectivity index (χ2n) is 5.62. The zero-order valence-corrected chi connectivity index (χ0v) is 13.8. The van der Waals surface area contributed by atoms with E-state index >= 15 is 0 Å². The molecule has 0 spiro atoms. The summed E-state index contributed by atoms with van der Waals surface area (Å²) in [7, 11) is 0. The van der Waals surface area contributed by atoms with Gasteiger partial charge in [-0.25, -0.2) is 20.0 Å². The highest BCUT2D eigenvalue weighted by atomic mass is 19.3. The van der Waals surface area contributed by atoms with Gasteiger partial charge >= 0.3 is 6.61 Å². The Kier molecular flexibility index (Phi) is 4.04. The fourth-order valence-corrected chi connectivity index (χ4v) is 2.84. The van der Waals surface area contributed by atoms with E-state index in [1.54, 1.807) is 35.9 Å². The molecule has 0 atom stereocenters. The van der Waals surface area contributed by atoms with Crippen LogP contribution in [-0.4, -0.2) is 32.5 Å². The summed E-state index contributed by atoms with van der Waals surface area (Å²) >= 11 is 0. The lowest BCUT2D eigenvalue weighted by molar-refractivity contribution is -0.0528. The van der Waals surface area contributed by atoms with Gasteiger partial charge in [-0.1, -0.05) is 0 Å². The normalized spacial score (nSPS) is 13.2. The number of hydrogen-bond acceptors (Lipinski definition) is 6. The first-order valence-corrected chi connectivity index (χ1v) is 7.82. The Morgan fingerprint density at radius 3 is 2.73 bits per heavy atom. The van der Waals surface area contributed by atoms with Gasteiger partial charge in [0.05, 0.1) is 6.54 Å². The Labute approximate surface area is 147 Å². The fraction of sp³-hybridized carbons (Fsp3) is 0.176. The lowest BCUT2D eigenvalue weighted by Crippen LogP contribution is -2.25. The maximum atomic E-state index is 12.4. The Balaban J connectivity index is 1.67. The molecule has 0 amide bonds. The molecule has 0 N–H and O–H groups in total. The van der Waals surface area contributed by atoms with Crippen LogP contribution in [0.1, 0.15) is 11.3 Å². The molecule has 26 heavy (non-hydrogen) atoms. The molecule has 0 unspecified atom stereocenters. The third-order valence-corrected chi connectivity index (χ3v) is 4.07. The highest BCUT2D eigenvalue weighted by Gasteiger charge is 2.21. The van der Waals surface area contributed by atoms with Crippen molar-refractivity contribution in [2.75, 3.05) is 5.01 Å². The number of ether oxygens (including phenoxy) is 1. The van der Waals surface area contributed by atoms with Crippen LogP contribution in [0, 0.1) is 6.92 Å². The third kappa shape index (κ3) is 2.99. The summed E-state index contributed by atoms with van der Waals surface area (Å²) in [6.07, 6.45) is 8.33. The number of pyridine rings is 1. The summed E-state index contributed by atoms with van der Waals surface area (Å²) in [5.41, 5.74) is 3.65. The van der Waals surface area contributed by atoms with Crippen LogP contribution in [0.4, 0.5) is 14.7 Å². The molecule has 0 aromatic carbocycles. The molecule has 0 bridgehead atoms. The van der Waals surface area contributed by atoms with Crippen LogP contribution < -0.4 is 9.75 Å². The highest BCUT2D eigenvalue weighted by molar-refractivity contribution is 5.75. The van der Waals surface area contributed by atoms with E-state index in [2.05, 4.69) is 24.8 Å². The van der Waals surface area contributed by atoms with Gasteiger partial charge in [-0.05, 0) is 30.2 Å². The molecule has 132 valence electrons. The molecule has 1 aliphatic rings. The summed E-state index contributed by atoms with van der Waals surface area (Å²) in [5.74, 6) is 0.391. The molecule has 4 heterocycles. The van der Waals surface area contributed by atoms with E-state index in [0.717, 1.165) is 22.4 Å². The number of halogens is 2. The lowest BCUT2D eigenvalue weighted by atomic mass is 10.1. The Bertz CT molecular complexity index is 957. The number of rotatable bonds is 4. The van der Waals surface area contributed by atoms with Gasteiger partial charge < -0.3 is 9.30 Å². The summed E-state index contributed by atoms with van der Waals surface area (Å²) < 4.78 is 31.1. The first-order chi connectivity index (χ1) is 12.6. The van der Waals surface area contributed by atoms with E-state index < -0.39 is 6.61 Å². The molecular weight excluding hydrogens is 342 g/mol. The Morgan fingerprint density at radius 1 is 1.15 bits per heavy atom. The largest absolute Gasteiger partial charge is 0.417 e. The van der Waals surface area contributed by atoms with Crippen LogP contribution in [0.2, 0.25) is 0 Å². The van der Waals surface area contributed by atoms with E-state index in [4.69, 9.17) is 0 Å². The quantitative estimate of drug-likeness (QED) is 0.719. The highest BCUT2D eigenvalue weighted by Crippen LogP contribution is 2.31. The van der Waals surface area contributed by atoms with E-state index in [9.17, 15) is 8.78 Å². The molecular formula is C17H14F2N6O. The van der Waals surface area contributed by atoms with E-state index in [0.29, 0.717) is 12.5 Å². The number of fused-ring (bicyclic) bond motifs is 1. The first kappa shape index (κ1) is 16.1. The predicted molar refractivity (Wildman–Crippen MR) is 91.1 cm³/mol. The molecule has 4 rings (SSSR count). The topological polar surface area (TPSA) is 68.4 Å². The second kappa shape index (κ2) is 6.51. The number of hydrogen-bond donors (Lipinski definition) is 0. The fourth-order valence-electron chi connectivity index (χ4n) is 2.84. The lowest BCUT2D eigenvalue weighted by Gasteiger charge is -2.21. The van der Waals surface area contributed by atoms with Gasteiger partial charge in [0, 0.05) is 42.1 Å². The SMILES string of the molecule is Cc1c(-c2ccnc(OC(F)F)c2)cn2c1CN(c1ncccn1)N=C2. The summed E-state index contributed by atoms with van der Waals surface area (Å²) in [6.45, 7) is -0.441. The van der Waals surface area contributed by atoms with Gasteiger partial charge in [0.1, 0.15) is 6.34 Å². The molecule has 0 aliphatic carbocycles. The van der Waals surface area contributed by atoms with Gasteiger partial charge in [0.15, 0.2) is 0 Å². The van der Waals surface area contributed by atoms with Crippen molar-refractivity contribution >= 4 is 12.3 Å². The second-order valence-corrected chi connectivity index (χ2v) is 5.62. The molecule has 3 aromatic heterocycles. The molecule has 0 fully saturated rings. The minimum atomic E-state index is -2.91. The van der Waals surface area contributed by atoms with Crippen molar-refractivity contribution in [3.63, 3.8) is 0 Å². The maximum Gasteiger partial charge on any atom is 0.388 e. The molecule has 0 radical (unpaired) electrons. The van der Waals surface area contributed by atoms with Gasteiger partial charge in [0.25, 0.3) is 0 Å². The molecule has 9 heteroatoms. The van der Waals surface area contributed by atoms with Crippen molar-refractivity contribution in [2.45, 2.75) is 20.1 Å². The Hall–Kier alpha value is -3.36. The van der Waals surface area contributed by atoms with Gasteiger partial charge in [-0.3, -0.25) is 0 Å². The monoisotopic (exact) mass is 356 g/mol. The van der Waals surface area contributed by atoms with E-state index in [-0.39, 0.29) is 5.88 Å². The molecule has 7 nitrogen and oxygen atoms in total. The van der Waals surface area contributed by atoms with Crippen LogP contribution in [0.3, 0.4) is 0 Å². The van der Waals surface area contributed by atoms with E-state index in [1.165, 1.54) is 12.3 Å². The summed E-state index contributed by atoms with van der Waals surface area (Å²) in [6, 6.07) is 4.99. The number of nitrogens with zero attached hydrogens (tertiary/aromatic N) is 6. The van der Waals surface area contributed by atoms with Crippen LogP contribution in [0.5, 0.6) is 5.88 Å². The van der Waals surface area contributed by atoms with Crippen LogP contribution in [0.25, 0.3) is 11.1 Å². The van der Waals surface area contributed by atoms with Gasteiger partial charge in [-0.15, -0.1) is 0 Å². The van der Waals surface area contributed by atoms with Crippen molar-refractivity contribution in [3.8, 4) is 17.0 Å². The number of alkyl halides is 2. The van der Waals surface area contributed by atoms with E-state index in [1.807, 2.05) is 17.7 Å². The molecule has 3 aromatic rings. The maximum absolute atomic E-state index is 12.4. The summed E-state index contributed by atoms with van der Waals surface area (Å²) in [4.78, 5) is 12.2. The number of hydrazone groups is 1. The Morgan fingerprint density at radius 2 is 1.96 bits per heavy atom. The number of anilines is 1. The van der Waals surface area contributed by atoms with Crippen molar-refractivity contribution in [2.24, 2.45) is 5.10 Å². The average Bonchev–Trinajstić information content (AvgIpc) is 2.98. The van der Waals surface area contributed by atoms with Crippen LogP contribution in [0.15, 0.2) is 48.1 Å². The van der Waals surface area contributed by atoms with Gasteiger partial charge in [0.2, 0.25) is 11.8 Å². The smallest absolute Gasteiger partial charge is 0.388 e. The zero-order valence-electron chi connectivity index (χ0n) is 13.8. The summed E-state index contributed by atoms with van der Waals surface area (Å²) in [5, 5.41) is 6.05. The molecule has 1 aliphatic heterocycles. The zero-order chi connectivity index (χ0) is 18.1. The predicted octanol–water partition coefficient (Wildman–Crippen LogP) is 3.06. The number of aromatic nitrogens is 4. The standard InChI is InChI=1S/C17H14F2N6O/c1-11-13(12-3-6-20-15(7-12)26-16(18)19)8-24-10-23-25(9-14(11)24)17-21-4-2-5-22-17/h2-8,10,16H,9H2,1H3. The third-order valence-electron chi connectivity index (χ3n) is 4.07. The average molecular weight is 356 g/mol. The minimum absolute atomic E-state index is 0.117. The minimum Gasteiger partial charge on any atom is -0.417 e. The van der Waals surface area contributed by atoms with Gasteiger partial charge in [-0.2, -0.15) is 13.9 Å². The molecule has 0 saturated heterocycles. The van der Waals surface area contributed by atoms with Crippen molar-refractivity contribution in [1.29, 1.82) is 0 Å². The van der Waals surface area contributed by atoms with Crippen molar-refractivity contribution in [3.05, 3.63) is 54.2 Å². The van der Waals surface area contributed by atoms with Crippen LogP contribution in [-0.2, 0) is 6.54 Å². The van der Waals surface area contributed by atoms with Crippen molar-refractivity contribution in [1.82, 2.24) is 19.5 Å².